The predicted octanol–water partition coefficient (Wildman–Crippen LogP) is 12.7. The van der Waals surface area contributed by atoms with Crippen molar-refractivity contribution in [3.8, 4) is 0 Å². The molecule has 0 saturated heterocycles. The molecular formula is C43H34Cl6N2O8. The van der Waals surface area contributed by atoms with E-state index in [1.54, 1.807) is 55.5 Å². The highest BCUT2D eigenvalue weighted by Crippen LogP contribution is 2.33. The number of halogens is 6. The van der Waals surface area contributed by atoms with Crippen molar-refractivity contribution in [3.63, 3.8) is 0 Å². The van der Waals surface area contributed by atoms with Gasteiger partial charge in [-0.1, -0.05) is 87.8 Å². The monoisotopic (exact) mass is 916 g/mol. The SMILES string of the molecule is CCOC(=O)CCCc1cc2cc(Cl)cc(Cl)c2o1.O=C(Cc1cc2cc(Cl)cc(Cl)c2o1)NCC1=Nc2ccccc2C1.O=C(O)Cc1cc2cc(Cl)cc(Cl)c2o1. The number of aryl methyl sites for hydroxylation is 1. The van der Waals surface area contributed by atoms with Crippen molar-refractivity contribution >= 4 is 132 Å². The number of aliphatic imine (C=N–C) groups is 1. The average Bonchev–Trinajstić information content (AvgIpc) is 3.96. The second-order valence-electron chi connectivity index (χ2n) is 13.2. The Labute approximate surface area is 367 Å². The maximum atomic E-state index is 12.2. The van der Waals surface area contributed by atoms with Gasteiger partial charge in [0.05, 0.1) is 40.3 Å². The number of carboxylic acids is 1. The molecule has 0 atom stereocenters. The summed E-state index contributed by atoms with van der Waals surface area (Å²) >= 11 is 35.7. The molecule has 2 N–H and O–H groups in total. The summed E-state index contributed by atoms with van der Waals surface area (Å²) in [6.07, 6.45) is 2.49. The number of amides is 1. The van der Waals surface area contributed by atoms with E-state index in [1.807, 2.05) is 24.3 Å². The number of aliphatic carboxylic acids is 1. The maximum absolute atomic E-state index is 12.2. The molecule has 306 valence electrons. The number of para-hydroxylation sites is 1. The first-order valence-corrected chi connectivity index (χ1v) is 20.4. The van der Waals surface area contributed by atoms with Gasteiger partial charge in [0, 0.05) is 56.2 Å². The summed E-state index contributed by atoms with van der Waals surface area (Å²) in [5, 5.41) is 16.8. The van der Waals surface area contributed by atoms with Gasteiger partial charge >= 0.3 is 11.9 Å². The minimum absolute atomic E-state index is 0.125. The van der Waals surface area contributed by atoms with Gasteiger partial charge in [-0.25, -0.2) is 0 Å². The zero-order chi connectivity index (χ0) is 42.2. The highest BCUT2D eigenvalue weighted by Gasteiger charge is 2.17. The van der Waals surface area contributed by atoms with Crippen LogP contribution in [0.25, 0.3) is 32.9 Å². The van der Waals surface area contributed by atoms with Crippen molar-refractivity contribution in [3.05, 3.63) is 132 Å². The Morgan fingerprint density at radius 1 is 0.712 bits per heavy atom. The first kappa shape index (κ1) is 43.9. The van der Waals surface area contributed by atoms with Gasteiger partial charge in [-0.05, 0) is 79.6 Å². The number of fused-ring (bicyclic) bond motifs is 4. The van der Waals surface area contributed by atoms with Gasteiger partial charge in [0.15, 0.2) is 16.7 Å². The highest BCUT2D eigenvalue weighted by molar-refractivity contribution is 6.39. The number of ether oxygens (including phenoxy) is 1. The number of carboxylic acid groups (broad SMARTS) is 1. The van der Waals surface area contributed by atoms with Gasteiger partial charge in [0.2, 0.25) is 5.91 Å². The lowest BCUT2D eigenvalue weighted by Crippen LogP contribution is -2.30. The summed E-state index contributed by atoms with van der Waals surface area (Å²) in [6.45, 7) is 2.64. The summed E-state index contributed by atoms with van der Waals surface area (Å²) in [7, 11) is 0. The number of hydrogen-bond acceptors (Lipinski definition) is 8. The topological polar surface area (TPSA) is 144 Å². The zero-order valence-corrected chi connectivity index (χ0v) is 35.7. The van der Waals surface area contributed by atoms with Crippen LogP contribution >= 0.6 is 69.6 Å². The molecule has 1 amide bonds. The molecule has 0 fully saturated rings. The van der Waals surface area contributed by atoms with E-state index < -0.39 is 5.97 Å². The fourth-order valence-electron chi connectivity index (χ4n) is 6.20. The van der Waals surface area contributed by atoms with Crippen LogP contribution in [-0.4, -0.2) is 41.8 Å². The van der Waals surface area contributed by atoms with Crippen LogP contribution in [-0.2, 0) is 44.8 Å². The van der Waals surface area contributed by atoms with Crippen molar-refractivity contribution in [1.82, 2.24) is 5.32 Å². The number of nitrogens with one attached hydrogen (secondary N) is 1. The second kappa shape index (κ2) is 20.1. The van der Waals surface area contributed by atoms with E-state index in [9.17, 15) is 14.4 Å². The standard InChI is InChI=1S/C19H14Cl2N2O2.C14H14Cl2O3.C10H6Cl2O3/c20-13-5-12-7-15(25-19(12)16(21)8-13)9-18(24)22-10-14-6-11-3-1-2-4-17(11)23-14;1-2-18-13(17)5-3-4-11-7-9-6-10(15)8-12(16)14(9)19-11;11-6-1-5-2-7(4-9(13)14)15-10(5)8(12)3-6/h1-5,7-8H,6,9-10H2,(H,22,24);6-8H,2-5H2,1H3;1-3H,4H2,(H,13,14). The quantitative estimate of drug-likeness (QED) is 0.122. The maximum Gasteiger partial charge on any atom is 0.311 e. The average molecular weight is 919 g/mol. The summed E-state index contributed by atoms with van der Waals surface area (Å²) in [4.78, 5) is 38.4. The van der Waals surface area contributed by atoms with E-state index in [0.717, 1.165) is 34.4 Å². The molecule has 1 aliphatic heterocycles. The highest BCUT2D eigenvalue weighted by atomic mass is 35.5. The van der Waals surface area contributed by atoms with Crippen molar-refractivity contribution in [2.24, 2.45) is 4.99 Å². The minimum Gasteiger partial charge on any atom is -0.481 e. The molecule has 0 spiro atoms. The Kier molecular flexibility index (Phi) is 14.9. The number of hydrogen-bond donors (Lipinski definition) is 2. The number of benzene rings is 4. The third-order valence-electron chi connectivity index (χ3n) is 8.68. The molecule has 0 unspecified atom stereocenters. The first-order chi connectivity index (χ1) is 28.2. The van der Waals surface area contributed by atoms with Crippen LogP contribution < -0.4 is 5.32 Å². The van der Waals surface area contributed by atoms with Crippen molar-refractivity contribution in [2.45, 2.75) is 45.4 Å². The van der Waals surface area contributed by atoms with Crippen molar-refractivity contribution in [1.29, 1.82) is 0 Å². The summed E-state index contributed by atoms with van der Waals surface area (Å²) in [5.41, 5.74) is 4.78. The van der Waals surface area contributed by atoms with Crippen LogP contribution in [0.1, 0.15) is 42.6 Å². The molecule has 3 aromatic heterocycles. The summed E-state index contributed by atoms with van der Waals surface area (Å²) in [6, 6.07) is 23.4. The molecule has 0 bridgehead atoms. The lowest BCUT2D eigenvalue weighted by Gasteiger charge is -2.03. The zero-order valence-electron chi connectivity index (χ0n) is 31.2. The third-order valence-corrected chi connectivity index (χ3v) is 10.2. The molecule has 10 nitrogen and oxygen atoms in total. The van der Waals surface area contributed by atoms with E-state index in [0.29, 0.717) is 96.2 Å². The Balaban J connectivity index is 0.000000154. The molecule has 4 aromatic carbocycles. The van der Waals surface area contributed by atoms with E-state index in [4.69, 9.17) is 92.7 Å². The summed E-state index contributed by atoms with van der Waals surface area (Å²) in [5.74, 6) is 0.453. The molecule has 7 aromatic rings. The normalized spacial score (nSPS) is 11.7. The molecular weight excluding hydrogens is 885 g/mol. The number of carbonyl (C=O) groups is 3. The van der Waals surface area contributed by atoms with Crippen molar-refractivity contribution < 1.29 is 37.5 Å². The number of carbonyl (C=O) groups excluding carboxylic acids is 2. The number of furan rings is 3. The van der Waals surface area contributed by atoms with Gasteiger partial charge < -0.3 is 28.4 Å². The van der Waals surface area contributed by atoms with E-state index >= 15 is 0 Å². The molecule has 8 rings (SSSR count). The molecule has 1 aliphatic rings. The van der Waals surface area contributed by atoms with E-state index in [2.05, 4.69) is 16.4 Å². The van der Waals surface area contributed by atoms with Gasteiger partial charge in [0.1, 0.15) is 23.7 Å². The van der Waals surface area contributed by atoms with Crippen LogP contribution in [0, 0.1) is 0 Å². The van der Waals surface area contributed by atoms with Crippen LogP contribution in [0.3, 0.4) is 0 Å². The van der Waals surface area contributed by atoms with Crippen molar-refractivity contribution in [2.75, 3.05) is 13.2 Å². The molecule has 0 saturated carbocycles. The Morgan fingerprint density at radius 3 is 1.75 bits per heavy atom. The van der Waals surface area contributed by atoms with Gasteiger partial charge in [-0.15, -0.1) is 0 Å². The molecule has 0 radical (unpaired) electrons. The lowest BCUT2D eigenvalue weighted by atomic mass is 10.1. The molecule has 16 heteroatoms. The number of esters is 1. The van der Waals surface area contributed by atoms with Crippen LogP contribution in [0.4, 0.5) is 5.69 Å². The molecule has 4 heterocycles. The molecule has 0 aliphatic carbocycles. The van der Waals surface area contributed by atoms with Gasteiger partial charge in [-0.2, -0.15) is 0 Å². The summed E-state index contributed by atoms with van der Waals surface area (Å²) < 4.78 is 21.5. The Morgan fingerprint density at radius 2 is 1.22 bits per heavy atom. The fourth-order valence-corrected chi connectivity index (χ4v) is 7.84. The fraction of sp³-hybridized carbons (Fsp3) is 0.209. The largest absolute Gasteiger partial charge is 0.481 e. The second-order valence-corrected chi connectivity index (χ2v) is 15.8. The van der Waals surface area contributed by atoms with Crippen LogP contribution in [0.2, 0.25) is 30.1 Å². The Hall–Kier alpha value is -4.68. The first-order valence-electron chi connectivity index (χ1n) is 18.2. The minimum atomic E-state index is -0.948. The number of nitrogens with zero attached hydrogens (tertiary/aromatic N) is 1. The smallest absolute Gasteiger partial charge is 0.311 e. The van der Waals surface area contributed by atoms with Gasteiger partial charge in [-0.3, -0.25) is 19.4 Å². The molecule has 59 heavy (non-hydrogen) atoms. The van der Waals surface area contributed by atoms with Crippen LogP contribution in [0.15, 0.2) is 97.1 Å². The lowest BCUT2D eigenvalue weighted by molar-refractivity contribution is -0.143. The predicted molar refractivity (Wildman–Crippen MR) is 234 cm³/mol. The number of rotatable bonds is 11. The van der Waals surface area contributed by atoms with Crippen LogP contribution in [0.5, 0.6) is 0 Å². The van der Waals surface area contributed by atoms with E-state index in [-0.39, 0.29) is 24.7 Å². The Bertz CT molecular complexity index is 2700. The van der Waals surface area contributed by atoms with Gasteiger partial charge in [0.25, 0.3) is 0 Å². The third kappa shape index (κ3) is 12.0. The van der Waals surface area contributed by atoms with E-state index in [1.165, 1.54) is 5.56 Å².